The van der Waals surface area contributed by atoms with Crippen molar-refractivity contribution in [2.24, 2.45) is 5.92 Å². The predicted molar refractivity (Wildman–Crippen MR) is 165 cm³/mol. The van der Waals surface area contributed by atoms with Crippen LogP contribution < -0.4 is 5.43 Å². The maximum atomic E-state index is 14.0. The molecule has 6 heteroatoms. The van der Waals surface area contributed by atoms with Crippen molar-refractivity contribution in [3.8, 4) is 16.9 Å². The Labute approximate surface area is 241 Å². The number of fused-ring (bicyclic) bond motifs is 1. The third-order valence-electron chi connectivity index (χ3n) is 8.30. The molecule has 1 aliphatic heterocycles. The molecule has 0 N–H and O–H groups in total. The molecule has 0 saturated carbocycles. The fourth-order valence-corrected chi connectivity index (χ4v) is 6.10. The lowest BCUT2D eigenvalue weighted by atomic mass is 9.88. The second-order valence-corrected chi connectivity index (χ2v) is 11.5. The smallest absolute Gasteiger partial charge is 0.192 e. The molecule has 6 nitrogen and oxygen atoms in total. The lowest BCUT2D eigenvalue weighted by Gasteiger charge is -2.32. The van der Waals surface area contributed by atoms with Gasteiger partial charge in [0.1, 0.15) is 5.69 Å². The maximum absolute atomic E-state index is 14.0. The predicted octanol–water partition coefficient (Wildman–Crippen LogP) is 6.20. The van der Waals surface area contributed by atoms with Gasteiger partial charge in [-0.25, -0.2) is 0 Å². The molecule has 0 unspecified atom stereocenters. The minimum absolute atomic E-state index is 0.194. The van der Waals surface area contributed by atoms with Gasteiger partial charge < -0.3 is 14.0 Å². The summed E-state index contributed by atoms with van der Waals surface area (Å²) in [6.45, 7) is 3.62. The maximum Gasteiger partial charge on any atom is 0.192 e. The topological polar surface area (TPSA) is 54.5 Å². The van der Waals surface area contributed by atoms with Crippen molar-refractivity contribution in [2.75, 3.05) is 33.7 Å². The van der Waals surface area contributed by atoms with Gasteiger partial charge in [0.25, 0.3) is 0 Å². The number of hydrogen-bond donors (Lipinski definition) is 0. The summed E-state index contributed by atoms with van der Waals surface area (Å²) in [6.07, 6.45) is 3.76. The zero-order valence-corrected chi connectivity index (χ0v) is 24.0. The Balaban J connectivity index is 1.24. The Morgan fingerprint density at radius 1 is 0.902 bits per heavy atom. The van der Waals surface area contributed by atoms with Crippen LogP contribution in [0.2, 0.25) is 0 Å². The molecule has 0 radical (unpaired) electrons. The van der Waals surface area contributed by atoms with E-state index in [0.29, 0.717) is 5.92 Å². The molecule has 210 valence electrons. The first-order valence-corrected chi connectivity index (χ1v) is 14.7. The van der Waals surface area contributed by atoms with E-state index in [4.69, 9.17) is 4.52 Å². The number of benzene rings is 3. The highest BCUT2D eigenvalue weighted by molar-refractivity contribution is 5.82. The molecule has 0 atom stereocenters. The molecule has 1 fully saturated rings. The van der Waals surface area contributed by atoms with Crippen LogP contribution in [0.5, 0.6) is 0 Å². The number of piperidine rings is 1. The molecule has 1 saturated heterocycles. The van der Waals surface area contributed by atoms with Gasteiger partial charge in [-0.1, -0.05) is 65.8 Å². The molecule has 2 aromatic heterocycles. The minimum Gasteiger partial charge on any atom is -0.359 e. The van der Waals surface area contributed by atoms with Crippen molar-refractivity contribution in [1.29, 1.82) is 0 Å². The van der Waals surface area contributed by atoms with Crippen LogP contribution >= 0.6 is 0 Å². The molecule has 6 rings (SSSR count). The third kappa shape index (κ3) is 6.04. The number of likely N-dealkylation sites (N-methyl/N-ethyl adjacent to an activating group) is 1. The van der Waals surface area contributed by atoms with E-state index in [1.165, 1.54) is 0 Å². The van der Waals surface area contributed by atoms with Gasteiger partial charge in [0.2, 0.25) is 0 Å². The number of aromatic nitrogens is 2. The number of pyridine rings is 1. The summed E-state index contributed by atoms with van der Waals surface area (Å²) in [4.78, 5) is 18.7. The first kappa shape index (κ1) is 27.2. The molecule has 41 heavy (non-hydrogen) atoms. The van der Waals surface area contributed by atoms with Crippen molar-refractivity contribution in [3.63, 3.8) is 0 Å². The Morgan fingerprint density at radius 3 is 2.32 bits per heavy atom. The quantitative estimate of drug-likeness (QED) is 0.220. The van der Waals surface area contributed by atoms with Crippen molar-refractivity contribution < 1.29 is 4.52 Å². The number of likely N-dealkylation sites (tertiary alicyclic amines) is 1. The van der Waals surface area contributed by atoms with Gasteiger partial charge in [-0.15, -0.1) is 0 Å². The van der Waals surface area contributed by atoms with Crippen LogP contribution in [0.15, 0.2) is 100 Å². The summed E-state index contributed by atoms with van der Waals surface area (Å²) in [5.74, 6) is 1.37. The fraction of sp³-hybridized carbons (Fsp3) is 0.314. The number of nitrogens with zero attached hydrogens (tertiary/aromatic N) is 4. The highest BCUT2D eigenvalue weighted by Gasteiger charge is 2.25. The van der Waals surface area contributed by atoms with Crippen molar-refractivity contribution in [2.45, 2.75) is 32.2 Å². The van der Waals surface area contributed by atoms with Crippen molar-refractivity contribution in [1.82, 2.24) is 19.5 Å². The molecule has 1 aliphatic rings. The highest BCUT2D eigenvalue weighted by atomic mass is 16.5. The van der Waals surface area contributed by atoms with E-state index in [9.17, 15) is 4.79 Å². The molecular weight excluding hydrogens is 508 g/mol. The Morgan fingerprint density at radius 2 is 1.59 bits per heavy atom. The van der Waals surface area contributed by atoms with Crippen LogP contribution in [-0.2, 0) is 19.4 Å². The molecule has 0 spiro atoms. The fourth-order valence-electron chi connectivity index (χ4n) is 6.10. The third-order valence-corrected chi connectivity index (χ3v) is 8.30. The second kappa shape index (κ2) is 12.2. The van der Waals surface area contributed by atoms with Gasteiger partial charge in [-0.05, 0) is 76.6 Å². The van der Waals surface area contributed by atoms with Gasteiger partial charge >= 0.3 is 0 Å². The van der Waals surface area contributed by atoms with E-state index in [1.54, 1.807) is 0 Å². The zero-order chi connectivity index (χ0) is 28.2. The van der Waals surface area contributed by atoms with E-state index in [0.717, 1.165) is 96.7 Å². The van der Waals surface area contributed by atoms with Crippen LogP contribution in [0, 0.1) is 5.92 Å². The number of para-hydroxylation sites is 2. The van der Waals surface area contributed by atoms with Crippen LogP contribution in [0.25, 0.3) is 27.8 Å². The molecule has 5 aromatic rings. The van der Waals surface area contributed by atoms with E-state index in [1.807, 2.05) is 42.5 Å². The molecule has 0 amide bonds. The first-order chi connectivity index (χ1) is 20.1. The number of hydrogen-bond acceptors (Lipinski definition) is 5. The Kier molecular flexibility index (Phi) is 8.12. The lowest BCUT2D eigenvalue weighted by Crippen LogP contribution is -2.35. The Bertz CT molecular complexity index is 1650. The standard InChI is InChI=1S/C35H38N4O2/c1-37(2)20-19-34-31(35(40)30-15-9-10-16-33(30)39(34)28-13-7-4-8-14-28)23-26-17-21-38(22-18-26)25-29-24-32(36-41-29)27-11-5-3-6-12-27/h3-16,24,26H,17-23,25H2,1-2H3. The summed E-state index contributed by atoms with van der Waals surface area (Å²) < 4.78 is 8.01. The van der Waals surface area contributed by atoms with E-state index in [-0.39, 0.29) is 5.43 Å². The molecular formula is C35H38N4O2. The monoisotopic (exact) mass is 546 g/mol. The summed E-state index contributed by atoms with van der Waals surface area (Å²) in [7, 11) is 4.19. The zero-order valence-electron chi connectivity index (χ0n) is 24.0. The normalized spacial score (nSPS) is 14.7. The molecule has 0 aliphatic carbocycles. The highest BCUT2D eigenvalue weighted by Crippen LogP contribution is 2.28. The van der Waals surface area contributed by atoms with Gasteiger partial charge in [-0.3, -0.25) is 9.69 Å². The molecule has 3 heterocycles. The lowest BCUT2D eigenvalue weighted by molar-refractivity contribution is 0.161. The van der Waals surface area contributed by atoms with Gasteiger partial charge in [0.15, 0.2) is 11.2 Å². The van der Waals surface area contributed by atoms with E-state index < -0.39 is 0 Å². The first-order valence-electron chi connectivity index (χ1n) is 14.7. The Hall–Kier alpha value is -4.00. The number of rotatable bonds is 9. The largest absolute Gasteiger partial charge is 0.359 e. The SMILES string of the molecule is CN(C)CCc1c(CC2CCN(Cc3cc(-c4ccccc4)no3)CC2)c(=O)c2ccccc2n1-c1ccccc1. The minimum atomic E-state index is 0.194. The van der Waals surface area contributed by atoms with Crippen LogP contribution in [-0.4, -0.2) is 53.3 Å². The van der Waals surface area contributed by atoms with Crippen molar-refractivity contribution >= 4 is 10.9 Å². The van der Waals surface area contributed by atoms with E-state index in [2.05, 4.69) is 82.1 Å². The summed E-state index contributed by atoms with van der Waals surface area (Å²) >= 11 is 0. The van der Waals surface area contributed by atoms with Gasteiger partial charge in [0.05, 0.1) is 12.1 Å². The summed E-state index contributed by atoms with van der Waals surface area (Å²) in [6, 6.07) is 30.8. The molecule has 0 bridgehead atoms. The second-order valence-electron chi connectivity index (χ2n) is 11.5. The van der Waals surface area contributed by atoms with Crippen molar-refractivity contribution in [3.05, 3.63) is 118 Å². The van der Waals surface area contributed by atoms with Gasteiger partial charge in [0, 0.05) is 46.9 Å². The summed E-state index contributed by atoms with van der Waals surface area (Å²) in [5.41, 5.74) is 6.36. The van der Waals surface area contributed by atoms with E-state index >= 15 is 0 Å². The molecule has 3 aromatic carbocycles. The van der Waals surface area contributed by atoms with Crippen LogP contribution in [0.1, 0.15) is 29.9 Å². The average molecular weight is 547 g/mol. The average Bonchev–Trinajstić information content (AvgIpc) is 3.48. The summed E-state index contributed by atoms with van der Waals surface area (Å²) in [5, 5.41) is 5.09. The van der Waals surface area contributed by atoms with Gasteiger partial charge in [-0.2, -0.15) is 0 Å². The van der Waals surface area contributed by atoms with Crippen LogP contribution in [0.3, 0.4) is 0 Å². The van der Waals surface area contributed by atoms with Crippen LogP contribution in [0.4, 0.5) is 0 Å².